The van der Waals surface area contributed by atoms with Crippen LogP contribution in [0.1, 0.15) is 106 Å². The van der Waals surface area contributed by atoms with Crippen LogP contribution >= 0.6 is 0 Å². The first-order valence-electron chi connectivity index (χ1n) is 13.8. The molecule has 194 valence electrons. The lowest BCUT2D eigenvalue weighted by molar-refractivity contribution is -0.232. The van der Waals surface area contributed by atoms with Crippen LogP contribution in [-0.2, 0) is 4.79 Å². The summed E-state index contributed by atoms with van der Waals surface area (Å²) in [6, 6.07) is 0. The van der Waals surface area contributed by atoms with E-state index in [2.05, 4.69) is 41.2 Å². The number of rotatable bonds is 5. The topological polar surface area (TPSA) is 77.8 Å². The van der Waals surface area contributed by atoms with Gasteiger partial charge in [0.05, 0.1) is 17.8 Å². The monoisotopic (exact) mass is 474 g/mol. The van der Waals surface area contributed by atoms with Crippen LogP contribution in [0.3, 0.4) is 0 Å². The lowest BCUT2D eigenvalue weighted by Gasteiger charge is -2.69. The van der Waals surface area contributed by atoms with E-state index >= 15 is 0 Å². The number of carbonyl (C=O) groups is 1. The molecule has 10 atom stereocenters. The number of carbonyl (C=O) groups excluding carboxylic acids is 1. The van der Waals surface area contributed by atoms with Gasteiger partial charge in [0, 0.05) is 11.8 Å². The molecule has 34 heavy (non-hydrogen) atoms. The quantitative estimate of drug-likeness (QED) is 0.448. The highest BCUT2D eigenvalue weighted by Crippen LogP contribution is 2.75. The summed E-state index contributed by atoms with van der Waals surface area (Å²) >= 11 is 0. The summed E-state index contributed by atoms with van der Waals surface area (Å²) in [6.45, 7) is 19.2. The van der Waals surface area contributed by atoms with Crippen molar-refractivity contribution in [2.45, 2.75) is 124 Å². The number of Topliss-reactive ketones (excluding diaryl/α,β-unsaturated/α-hetero) is 1. The fourth-order valence-electron chi connectivity index (χ4n) is 10.1. The smallest absolute Gasteiger partial charge is 0.138 e. The molecular formula is C30H50O4. The Morgan fingerprint density at radius 3 is 2.32 bits per heavy atom. The summed E-state index contributed by atoms with van der Waals surface area (Å²) in [5, 5.41) is 33.7. The molecule has 4 aliphatic carbocycles. The van der Waals surface area contributed by atoms with Crippen molar-refractivity contribution >= 4 is 5.78 Å². The van der Waals surface area contributed by atoms with Gasteiger partial charge in [-0.05, 0) is 105 Å². The number of aliphatic hydroxyl groups is 3. The molecule has 0 aromatic rings. The Hall–Kier alpha value is -0.710. The van der Waals surface area contributed by atoms with Crippen molar-refractivity contribution in [1.82, 2.24) is 0 Å². The van der Waals surface area contributed by atoms with Gasteiger partial charge in [-0.1, -0.05) is 46.8 Å². The maximum absolute atomic E-state index is 12.9. The van der Waals surface area contributed by atoms with Gasteiger partial charge in [-0.15, -0.1) is 0 Å². The molecule has 0 saturated heterocycles. The van der Waals surface area contributed by atoms with Crippen molar-refractivity contribution in [3.8, 4) is 0 Å². The van der Waals surface area contributed by atoms with Crippen molar-refractivity contribution in [3.05, 3.63) is 12.2 Å². The molecule has 4 heteroatoms. The zero-order valence-corrected chi connectivity index (χ0v) is 22.8. The normalized spacial score (nSPS) is 48.3. The number of aliphatic hydroxyl groups excluding tert-OH is 2. The summed E-state index contributed by atoms with van der Waals surface area (Å²) in [6.07, 6.45) is 6.46. The van der Waals surface area contributed by atoms with Gasteiger partial charge in [0.15, 0.2) is 0 Å². The molecule has 4 aliphatic rings. The molecule has 0 bridgehead atoms. The highest BCUT2D eigenvalue weighted by molar-refractivity contribution is 5.85. The number of hydrogen-bond donors (Lipinski definition) is 3. The van der Waals surface area contributed by atoms with E-state index in [1.54, 1.807) is 0 Å². The third-order valence-electron chi connectivity index (χ3n) is 12.4. The average molecular weight is 475 g/mol. The molecule has 3 N–H and O–H groups in total. The molecule has 0 aromatic heterocycles. The minimum absolute atomic E-state index is 0.0255. The molecule has 4 saturated carbocycles. The van der Waals surface area contributed by atoms with Crippen LogP contribution in [-0.4, -0.2) is 38.9 Å². The summed E-state index contributed by atoms with van der Waals surface area (Å²) in [5.41, 5.74) is -0.381. The van der Waals surface area contributed by atoms with E-state index in [-0.39, 0.29) is 33.5 Å². The lowest BCUT2D eigenvalue weighted by atomic mass is 9.35. The van der Waals surface area contributed by atoms with Gasteiger partial charge in [0.2, 0.25) is 0 Å². The summed E-state index contributed by atoms with van der Waals surface area (Å²) in [4.78, 5) is 12.9. The molecule has 4 nitrogen and oxygen atoms in total. The number of hydrogen-bond acceptors (Lipinski definition) is 4. The Kier molecular flexibility index (Phi) is 6.32. The minimum atomic E-state index is -0.927. The largest absolute Gasteiger partial charge is 0.393 e. The van der Waals surface area contributed by atoms with Crippen LogP contribution in [0.25, 0.3) is 0 Å². The van der Waals surface area contributed by atoms with E-state index in [1.807, 2.05) is 13.8 Å². The second-order valence-electron chi connectivity index (χ2n) is 14.4. The number of ketones is 1. The summed E-state index contributed by atoms with van der Waals surface area (Å²) < 4.78 is 0. The Bertz CT molecular complexity index is 845. The SMILES string of the molecule is C=C(C)C(O)CC[C@](C)(O)[C@H]1CC[C@]2(C)[C@@H]1[C@H](O)C[C@@H]1[C@@]3(C)CCC(=O)C(C)(C)[C@@H]3CC[C@]12C. The van der Waals surface area contributed by atoms with Gasteiger partial charge in [0.1, 0.15) is 5.78 Å². The maximum atomic E-state index is 12.9. The third-order valence-corrected chi connectivity index (χ3v) is 12.4. The zero-order valence-electron chi connectivity index (χ0n) is 22.8. The van der Waals surface area contributed by atoms with Gasteiger partial charge in [-0.25, -0.2) is 0 Å². The second kappa shape index (κ2) is 8.15. The molecule has 0 aliphatic heterocycles. The first kappa shape index (κ1) is 26.4. The van der Waals surface area contributed by atoms with Gasteiger partial charge in [-0.2, -0.15) is 0 Å². The minimum Gasteiger partial charge on any atom is -0.393 e. The van der Waals surface area contributed by atoms with Gasteiger partial charge in [0.25, 0.3) is 0 Å². The van der Waals surface area contributed by atoms with Gasteiger partial charge < -0.3 is 15.3 Å². The first-order chi connectivity index (χ1) is 15.5. The second-order valence-corrected chi connectivity index (χ2v) is 14.4. The zero-order chi connectivity index (χ0) is 25.5. The first-order valence-corrected chi connectivity index (χ1v) is 13.8. The molecule has 0 radical (unpaired) electrons. The Morgan fingerprint density at radius 2 is 1.71 bits per heavy atom. The van der Waals surface area contributed by atoms with Crippen molar-refractivity contribution in [2.24, 2.45) is 45.3 Å². The molecule has 4 fully saturated rings. The molecular weight excluding hydrogens is 424 g/mol. The number of fused-ring (bicyclic) bond motifs is 5. The van der Waals surface area contributed by atoms with Gasteiger partial charge in [-0.3, -0.25) is 4.79 Å². The molecule has 4 rings (SSSR count). The highest BCUT2D eigenvalue weighted by Gasteiger charge is 2.71. The van der Waals surface area contributed by atoms with Crippen molar-refractivity contribution in [1.29, 1.82) is 0 Å². The van der Waals surface area contributed by atoms with Crippen LogP contribution in [0.5, 0.6) is 0 Å². The van der Waals surface area contributed by atoms with Crippen LogP contribution < -0.4 is 0 Å². The summed E-state index contributed by atoms with van der Waals surface area (Å²) in [5.74, 6) is 1.25. The van der Waals surface area contributed by atoms with Crippen molar-refractivity contribution in [2.75, 3.05) is 0 Å². The Labute approximate surface area is 207 Å². The predicted molar refractivity (Wildman–Crippen MR) is 136 cm³/mol. The molecule has 0 heterocycles. The molecule has 0 amide bonds. The maximum Gasteiger partial charge on any atom is 0.138 e. The fraction of sp³-hybridized carbons (Fsp3) is 0.900. The van der Waals surface area contributed by atoms with Crippen molar-refractivity contribution < 1.29 is 20.1 Å². The third kappa shape index (κ3) is 3.52. The standard InChI is InChI=1S/C30H50O4/c1-18(2)20(31)10-16-30(8,34)19-9-14-29(7)25(19)21(32)17-23-27(5)13-12-24(33)26(3,4)22(27)11-15-28(23,29)6/h19-23,25,31-32,34H,1,9-17H2,2-8H3/t19-,20?,21+,22-,23+,25-,27-,28+,29+,30-/m0/s1. The van der Waals surface area contributed by atoms with Crippen LogP contribution in [0.4, 0.5) is 0 Å². The van der Waals surface area contributed by atoms with Crippen LogP contribution in [0, 0.1) is 45.3 Å². The van der Waals surface area contributed by atoms with Crippen LogP contribution in [0.2, 0.25) is 0 Å². The fourth-order valence-corrected chi connectivity index (χ4v) is 10.1. The van der Waals surface area contributed by atoms with Crippen molar-refractivity contribution in [3.63, 3.8) is 0 Å². The molecule has 0 aromatic carbocycles. The van der Waals surface area contributed by atoms with E-state index in [1.165, 1.54) is 0 Å². The Balaban J connectivity index is 1.65. The van der Waals surface area contributed by atoms with E-state index in [9.17, 15) is 20.1 Å². The Morgan fingerprint density at radius 1 is 1.09 bits per heavy atom. The van der Waals surface area contributed by atoms with E-state index in [0.717, 1.165) is 44.1 Å². The average Bonchev–Trinajstić information content (AvgIpc) is 3.12. The predicted octanol–water partition coefficient (Wildman–Crippen LogP) is 5.68. The van der Waals surface area contributed by atoms with Gasteiger partial charge >= 0.3 is 0 Å². The molecule has 1 unspecified atom stereocenters. The molecule has 0 spiro atoms. The van der Waals surface area contributed by atoms with E-state index < -0.39 is 17.8 Å². The lowest BCUT2D eigenvalue weighted by Crippen LogP contribution is -2.66. The van der Waals surface area contributed by atoms with E-state index in [4.69, 9.17) is 0 Å². The highest BCUT2D eigenvalue weighted by atomic mass is 16.3. The summed E-state index contributed by atoms with van der Waals surface area (Å²) in [7, 11) is 0. The van der Waals surface area contributed by atoms with Crippen LogP contribution in [0.15, 0.2) is 12.2 Å². The van der Waals surface area contributed by atoms with E-state index in [0.29, 0.717) is 36.9 Å².